The second-order valence-corrected chi connectivity index (χ2v) is 22.5. The number of imide groups is 1. The van der Waals surface area contributed by atoms with E-state index in [2.05, 4.69) is 26.6 Å². The number of carbonyl (C=O) groups excluding carboxylic acids is 8. The van der Waals surface area contributed by atoms with E-state index in [1.54, 1.807) is 13.8 Å². The van der Waals surface area contributed by atoms with E-state index >= 15 is 4.39 Å². The van der Waals surface area contributed by atoms with E-state index in [9.17, 15) is 73.5 Å². The number of ether oxygens (including phenoxy) is 6. The first kappa shape index (κ1) is 66.6. The number of aliphatic hydroxyl groups excluding tert-OH is 3. The van der Waals surface area contributed by atoms with Crippen LogP contribution in [0.4, 0.5) is 9.18 Å². The lowest BCUT2D eigenvalue weighted by atomic mass is 9.81. The predicted molar refractivity (Wildman–Crippen MR) is 311 cm³/mol. The molecular weight excluding hydrogens is 1200 g/mol. The molecule has 0 radical (unpaired) electrons. The van der Waals surface area contributed by atoms with Crippen LogP contribution in [-0.4, -0.2) is 177 Å². The van der Waals surface area contributed by atoms with Crippen LogP contribution in [0.25, 0.3) is 22.3 Å². The number of aliphatic hydroxyl groups is 4. The molecular formula is C61H71FN8O21. The van der Waals surface area contributed by atoms with E-state index in [1.807, 2.05) is 0 Å². The fourth-order valence-electron chi connectivity index (χ4n) is 11.6. The third kappa shape index (κ3) is 14.7. The molecule has 91 heavy (non-hydrogen) atoms. The van der Waals surface area contributed by atoms with Crippen molar-refractivity contribution in [3.63, 3.8) is 0 Å². The highest BCUT2D eigenvalue weighted by Gasteiger charge is 2.49. The minimum absolute atomic E-state index is 0.0223. The van der Waals surface area contributed by atoms with Crippen molar-refractivity contribution in [1.29, 1.82) is 0 Å². The van der Waals surface area contributed by atoms with Gasteiger partial charge in [-0.1, -0.05) is 19.4 Å². The molecule has 4 aliphatic heterocycles. The highest BCUT2D eigenvalue weighted by atomic mass is 19.1. The summed E-state index contributed by atoms with van der Waals surface area (Å²) >= 11 is 0. The number of nitrogens with zero attached hydrogens (tertiary/aromatic N) is 3. The normalized spacial score (nSPS) is 21.5. The molecule has 0 unspecified atom stereocenters. The fraction of sp³-hybridized carbons (Fsp3) is 0.492. The van der Waals surface area contributed by atoms with Crippen molar-refractivity contribution >= 4 is 64.4 Å². The summed E-state index contributed by atoms with van der Waals surface area (Å²) in [5.41, 5.74) is 0.929. The molecule has 9 rings (SSSR count). The Hall–Kier alpha value is -8.78. The zero-order valence-corrected chi connectivity index (χ0v) is 50.0. The van der Waals surface area contributed by atoms with Crippen LogP contribution in [0, 0.1) is 12.7 Å². The van der Waals surface area contributed by atoms with Gasteiger partial charge in [0.05, 0.1) is 54.9 Å². The molecule has 0 saturated carbocycles. The molecule has 0 spiro atoms. The first-order valence-electron chi connectivity index (χ1n) is 29.7. The third-order valence-corrected chi connectivity index (χ3v) is 16.6. The molecule has 6 heterocycles. The molecule has 29 nitrogen and oxygen atoms in total. The minimum Gasteiger partial charge on any atom is -0.479 e. The number of carboxylic acids is 1. The van der Waals surface area contributed by atoms with Gasteiger partial charge in [-0.2, -0.15) is 0 Å². The number of aliphatic carboxylic acids is 1. The van der Waals surface area contributed by atoms with Crippen LogP contribution in [0.3, 0.4) is 0 Å². The molecule has 10 N–H and O–H groups in total. The molecule has 1 fully saturated rings. The smallest absolute Gasteiger partial charge is 0.407 e. The number of fused-ring (bicyclic) bond motifs is 5. The summed E-state index contributed by atoms with van der Waals surface area (Å²) in [6, 6.07) is 4.94. The van der Waals surface area contributed by atoms with Crippen LogP contribution >= 0.6 is 0 Å². The summed E-state index contributed by atoms with van der Waals surface area (Å²) in [6.45, 7) is 2.21. The van der Waals surface area contributed by atoms with Crippen molar-refractivity contribution in [3.05, 3.63) is 103 Å². The van der Waals surface area contributed by atoms with Crippen molar-refractivity contribution in [2.24, 2.45) is 0 Å². The van der Waals surface area contributed by atoms with Crippen molar-refractivity contribution in [3.8, 4) is 17.1 Å². The molecule has 488 valence electrons. The van der Waals surface area contributed by atoms with E-state index in [-0.39, 0.29) is 124 Å². The number of esters is 1. The Balaban J connectivity index is 0.870. The summed E-state index contributed by atoms with van der Waals surface area (Å²) in [7, 11) is 1.49. The minimum atomic E-state index is -2.11. The number of cyclic esters (lactones) is 1. The Morgan fingerprint density at radius 2 is 1.63 bits per heavy atom. The molecule has 4 aromatic rings. The number of benzene rings is 2. The lowest BCUT2D eigenvalue weighted by Crippen LogP contribution is -2.61. The van der Waals surface area contributed by atoms with Crippen LogP contribution < -0.4 is 36.9 Å². The lowest BCUT2D eigenvalue weighted by molar-refractivity contribution is -0.271. The van der Waals surface area contributed by atoms with Gasteiger partial charge in [-0.3, -0.25) is 38.5 Å². The number of rotatable bonds is 28. The van der Waals surface area contributed by atoms with Gasteiger partial charge in [0.15, 0.2) is 11.7 Å². The van der Waals surface area contributed by atoms with Gasteiger partial charge in [0.2, 0.25) is 29.9 Å². The maximum absolute atomic E-state index is 15.6. The number of pyridine rings is 2. The number of aromatic nitrogens is 2. The molecule has 1 aliphatic carbocycles. The van der Waals surface area contributed by atoms with E-state index in [0.29, 0.717) is 65.5 Å². The molecule has 2 aromatic heterocycles. The molecule has 30 heteroatoms. The van der Waals surface area contributed by atoms with Crippen LogP contribution in [0.5, 0.6) is 5.75 Å². The highest BCUT2D eigenvalue weighted by molar-refractivity contribution is 6.12. The summed E-state index contributed by atoms with van der Waals surface area (Å²) in [4.78, 5) is 135. The molecule has 2 aromatic carbocycles. The Kier molecular flexibility index (Phi) is 21.2. The average Bonchev–Trinajstić information content (AvgIpc) is 1.62. The first-order chi connectivity index (χ1) is 43.5. The van der Waals surface area contributed by atoms with Crippen molar-refractivity contribution in [2.75, 3.05) is 46.6 Å². The van der Waals surface area contributed by atoms with Gasteiger partial charge in [-0.05, 0) is 79.5 Å². The number of alkyl carbamates (subject to hydrolysis) is 1. The summed E-state index contributed by atoms with van der Waals surface area (Å²) in [5.74, 6) is -6.49. The molecule has 0 bridgehead atoms. The number of nitrogens with one attached hydrogen (secondary N) is 5. The zero-order valence-electron chi connectivity index (χ0n) is 50.0. The van der Waals surface area contributed by atoms with Gasteiger partial charge in [0, 0.05) is 92.8 Å². The average molecular weight is 1270 g/mol. The SMILES string of the molecule is CC[C@@]1(O)C(=O)OCc2c1cc1n(c2=O)Cc2c-1nc1cc(F)c(C)c3c1c2[C@@H](NC(=O)OCc1ccc(O[C@@H]2O[C@H](C(=O)O)[C@@H](O)[C@H](O)[C@H]2O)c(CNC(=O)CCNC(=O)[C@H](CNC(=O)CCOCCOC)NC(=O)CCCCCN2C(=O)C=CC2=O)c1)CC3. The van der Waals surface area contributed by atoms with Gasteiger partial charge in [0.25, 0.3) is 17.4 Å². The van der Waals surface area contributed by atoms with E-state index < -0.39 is 120 Å². The summed E-state index contributed by atoms with van der Waals surface area (Å²) in [5, 5.41) is 66.8. The number of aryl methyl sites for hydroxylation is 1. The number of methoxy groups -OCH3 is 1. The monoisotopic (exact) mass is 1270 g/mol. The molecule has 5 aliphatic rings. The summed E-state index contributed by atoms with van der Waals surface area (Å²) in [6.07, 6.45) is -7.24. The van der Waals surface area contributed by atoms with Gasteiger partial charge in [-0.15, -0.1) is 0 Å². The first-order valence-corrected chi connectivity index (χ1v) is 29.7. The number of amides is 7. The number of halogens is 1. The maximum atomic E-state index is 15.6. The zero-order chi connectivity index (χ0) is 65.4. The topological polar surface area (TPSA) is 408 Å². The van der Waals surface area contributed by atoms with E-state index in [4.69, 9.17) is 33.4 Å². The largest absolute Gasteiger partial charge is 0.479 e. The second kappa shape index (κ2) is 29.0. The van der Waals surface area contributed by atoms with Crippen LogP contribution in [-0.2, 0) is 100 Å². The van der Waals surface area contributed by atoms with Gasteiger partial charge < -0.3 is 85.1 Å². The maximum Gasteiger partial charge on any atom is 0.407 e. The van der Waals surface area contributed by atoms with Crippen LogP contribution in [0.1, 0.15) is 109 Å². The quantitative estimate of drug-likeness (QED) is 0.0179. The van der Waals surface area contributed by atoms with Gasteiger partial charge in [0.1, 0.15) is 49.1 Å². The third-order valence-electron chi connectivity index (χ3n) is 16.6. The predicted octanol–water partition coefficient (Wildman–Crippen LogP) is -0.0262. The van der Waals surface area contributed by atoms with Gasteiger partial charge >= 0.3 is 18.0 Å². The van der Waals surface area contributed by atoms with Crippen LogP contribution in [0.2, 0.25) is 0 Å². The molecule has 8 atom stereocenters. The van der Waals surface area contributed by atoms with E-state index in [0.717, 1.165) is 4.90 Å². The summed E-state index contributed by atoms with van der Waals surface area (Å²) < 4.78 is 49.5. The number of hydrogen-bond acceptors (Lipinski definition) is 21. The fourth-order valence-corrected chi connectivity index (χ4v) is 11.6. The van der Waals surface area contributed by atoms with Crippen molar-refractivity contribution in [1.82, 2.24) is 41.0 Å². The Morgan fingerprint density at radius 3 is 2.36 bits per heavy atom. The number of carbonyl (C=O) groups is 9. The molecule has 7 amide bonds. The number of carboxylic acid groups (broad SMARTS) is 1. The van der Waals surface area contributed by atoms with Gasteiger partial charge in [-0.25, -0.2) is 23.8 Å². The second-order valence-electron chi connectivity index (χ2n) is 22.5. The number of hydrogen-bond donors (Lipinski definition) is 10. The Labute approximate surface area is 518 Å². The van der Waals surface area contributed by atoms with Crippen molar-refractivity contribution < 1.29 is 101 Å². The van der Waals surface area contributed by atoms with Crippen molar-refractivity contribution in [2.45, 2.75) is 146 Å². The Bertz CT molecular complexity index is 3620. The van der Waals surface area contributed by atoms with E-state index in [1.165, 1.54) is 54.2 Å². The highest BCUT2D eigenvalue weighted by Crippen LogP contribution is 2.46. The number of unbranched alkanes of at least 4 members (excludes halogenated alkanes) is 2. The standard InChI is InChI=1S/C61H71FN8O21/c1-4-61(85)36-23-41-50-34(27-70(41)56(80)35(36)29-88-59(61)83)49-38(11-10-33-30(2)37(62)24-39(67-50)48(33)49)68-60(84)89-28-31-9-12-42(90-58-53(78)51(76)52(77)54(91-58)57(81)82)32(22-31)25-64-43(71)15-17-63-55(79)40(26-65-44(72)16-19-87-21-20-86-3)66-45(73)8-6-5-7-18-69-46(74)13-14-47(69)75/h9,12-14,22-24,38,40,51-54,58,76-78,85H,4-8,10-11,15-21,25-29H2,1-3H3,(H,63,79)(H,64,71)(H,65,72)(H,66,73)(H,68,84)(H,81,82)/t38-,40-,51-,52-,53+,54-,58+,61-/m0/s1. The Morgan fingerprint density at radius 1 is 0.868 bits per heavy atom. The molecule has 1 saturated heterocycles. The van der Waals surface area contributed by atoms with Crippen LogP contribution in [0.15, 0.2) is 47.3 Å². The lowest BCUT2D eigenvalue weighted by Gasteiger charge is -2.38.